The van der Waals surface area contributed by atoms with Crippen molar-refractivity contribution in [1.82, 2.24) is 20.6 Å². The predicted molar refractivity (Wildman–Crippen MR) is 64.7 cm³/mol. The van der Waals surface area contributed by atoms with Crippen LogP contribution in [-0.2, 0) is 4.79 Å². The molecule has 1 atom stereocenters. The van der Waals surface area contributed by atoms with E-state index in [-0.39, 0.29) is 18.8 Å². The molecule has 104 valence electrons. The van der Waals surface area contributed by atoms with Crippen LogP contribution in [0.5, 0.6) is 0 Å². The van der Waals surface area contributed by atoms with Crippen molar-refractivity contribution in [2.75, 3.05) is 0 Å². The largest absolute Gasteiger partial charge is 0.862 e. The third-order valence-corrected chi connectivity index (χ3v) is 2.66. The second-order valence-electron chi connectivity index (χ2n) is 4.11. The van der Waals surface area contributed by atoms with Gasteiger partial charge in [-0.1, -0.05) is 35.4 Å². The maximum Gasteiger partial charge on any atom is 0.287 e. The van der Waals surface area contributed by atoms with Gasteiger partial charge in [-0.25, -0.2) is 4.99 Å². The topological polar surface area (TPSA) is 130 Å². The lowest BCUT2D eigenvalue weighted by Gasteiger charge is -2.21. The zero-order valence-electron chi connectivity index (χ0n) is 10.4. The number of carbonyl (C=O) groups excluding carboxylic acids is 1. The lowest BCUT2D eigenvalue weighted by atomic mass is 9.92. The summed E-state index contributed by atoms with van der Waals surface area (Å²) in [6, 6.07) is 8.88. The first-order valence-electron chi connectivity index (χ1n) is 5.88. The maximum atomic E-state index is 11.8. The Labute approximate surface area is 114 Å². The van der Waals surface area contributed by atoms with Gasteiger partial charge in [0, 0.05) is 5.97 Å². The van der Waals surface area contributed by atoms with E-state index in [9.17, 15) is 15.0 Å². The summed E-state index contributed by atoms with van der Waals surface area (Å²) in [5, 5.41) is 35.1. The van der Waals surface area contributed by atoms with E-state index in [1.165, 1.54) is 0 Å². The fourth-order valence-corrected chi connectivity index (χ4v) is 1.81. The van der Waals surface area contributed by atoms with Crippen LogP contribution >= 0.6 is 0 Å². The standard InChI is InChI=1S/C12H13N5O3/c18-10(13-12-14-16-17-15-12)6-9(7-11(19)20)8-4-2-1-3-5-8/h1-5,9H,6-7H2,(H,19,20)(H2,13,14,15,16,17,18)/p-2/t9-/m1/s1. The summed E-state index contributed by atoms with van der Waals surface area (Å²) in [7, 11) is 0. The summed E-state index contributed by atoms with van der Waals surface area (Å²) in [6.45, 7) is 0. The number of rotatable bonds is 6. The maximum absolute atomic E-state index is 11.8. The summed E-state index contributed by atoms with van der Waals surface area (Å²) in [5.41, 5.74) is 0.744. The van der Waals surface area contributed by atoms with Crippen LogP contribution in [0.15, 0.2) is 35.3 Å². The number of hydrogen-bond donors (Lipinski definition) is 1. The van der Waals surface area contributed by atoms with Gasteiger partial charge in [0.1, 0.15) is 0 Å². The van der Waals surface area contributed by atoms with E-state index < -0.39 is 17.8 Å². The van der Waals surface area contributed by atoms with Gasteiger partial charge in [0.25, 0.3) is 5.95 Å². The zero-order chi connectivity index (χ0) is 14.4. The molecule has 0 spiro atoms. The van der Waals surface area contributed by atoms with Crippen LogP contribution in [0.1, 0.15) is 24.3 Å². The molecule has 2 rings (SSSR count). The van der Waals surface area contributed by atoms with Crippen LogP contribution in [0.3, 0.4) is 0 Å². The number of carboxylic acids is 1. The molecule has 1 N–H and O–H groups in total. The van der Waals surface area contributed by atoms with Crippen LogP contribution in [0.4, 0.5) is 5.95 Å². The highest BCUT2D eigenvalue weighted by molar-refractivity contribution is 5.76. The van der Waals surface area contributed by atoms with Gasteiger partial charge in [0.05, 0.1) is 0 Å². The predicted octanol–water partition coefficient (Wildman–Crippen LogP) is -1.10. The van der Waals surface area contributed by atoms with Crippen LogP contribution in [-0.4, -0.2) is 32.5 Å². The van der Waals surface area contributed by atoms with Gasteiger partial charge < -0.3 is 15.0 Å². The summed E-state index contributed by atoms with van der Waals surface area (Å²) in [6.07, 6.45) is -0.315. The van der Waals surface area contributed by atoms with Crippen LogP contribution in [0.25, 0.3) is 0 Å². The molecule has 0 saturated carbocycles. The highest BCUT2D eigenvalue weighted by Crippen LogP contribution is 2.23. The van der Waals surface area contributed by atoms with Gasteiger partial charge in [-0.2, -0.15) is 5.21 Å². The number of aliphatic carboxylic acids is 1. The number of H-pyrrole nitrogens is 1. The van der Waals surface area contributed by atoms with E-state index in [0.717, 1.165) is 5.56 Å². The smallest absolute Gasteiger partial charge is 0.287 e. The molecule has 0 unspecified atom stereocenters. The summed E-state index contributed by atoms with van der Waals surface area (Å²) in [5.74, 6) is -2.30. The molecule has 0 bridgehead atoms. The molecule has 2 aromatic rings. The van der Waals surface area contributed by atoms with E-state index in [0.29, 0.717) is 0 Å². The van der Waals surface area contributed by atoms with Gasteiger partial charge in [0.2, 0.25) is 0 Å². The van der Waals surface area contributed by atoms with Gasteiger partial charge in [-0.05, 0) is 35.4 Å². The molecule has 0 saturated heterocycles. The number of aromatic nitrogens is 4. The van der Waals surface area contributed by atoms with E-state index in [1.54, 1.807) is 24.3 Å². The third-order valence-electron chi connectivity index (χ3n) is 2.66. The minimum absolute atomic E-state index is 0.0630. The number of carbonyl (C=O) groups is 1. The molecule has 1 aromatic heterocycles. The highest BCUT2D eigenvalue weighted by Gasteiger charge is 2.12. The molecule has 8 heteroatoms. The zero-order valence-corrected chi connectivity index (χ0v) is 10.4. The van der Waals surface area contributed by atoms with Crippen molar-refractivity contribution in [1.29, 1.82) is 0 Å². The SMILES string of the molecule is O=C([O-])C[C@@H](CC([O-])=Nc1nn[nH]n1)c1ccccc1. The molecule has 1 heterocycles. The van der Waals surface area contributed by atoms with E-state index in [1.807, 2.05) is 6.07 Å². The Morgan fingerprint density at radius 3 is 2.60 bits per heavy atom. The van der Waals surface area contributed by atoms with E-state index in [2.05, 4.69) is 25.6 Å². The number of aliphatic imine (C=N–C) groups is 1. The molecule has 0 radical (unpaired) electrons. The number of carboxylic acid groups (broad SMARTS) is 1. The average Bonchev–Trinajstić information content (AvgIpc) is 2.91. The van der Waals surface area contributed by atoms with Crippen molar-refractivity contribution < 1.29 is 15.0 Å². The first-order chi connectivity index (χ1) is 9.65. The number of nitrogens with one attached hydrogen (secondary N) is 1. The minimum Gasteiger partial charge on any atom is -0.862 e. The van der Waals surface area contributed by atoms with Gasteiger partial charge in [-0.15, -0.1) is 5.10 Å². The Balaban J connectivity index is 2.14. The second kappa shape index (κ2) is 6.41. The summed E-state index contributed by atoms with van der Waals surface area (Å²) >= 11 is 0. The van der Waals surface area contributed by atoms with Crippen LogP contribution in [0.2, 0.25) is 0 Å². The average molecular weight is 273 g/mol. The van der Waals surface area contributed by atoms with Crippen molar-refractivity contribution in [3.63, 3.8) is 0 Å². The fourth-order valence-electron chi connectivity index (χ4n) is 1.81. The molecule has 20 heavy (non-hydrogen) atoms. The summed E-state index contributed by atoms with van der Waals surface area (Å²) < 4.78 is 0. The number of aromatic amines is 1. The lowest BCUT2D eigenvalue weighted by Crippen LogP contribution is -2.27. The Hall–Kier alpha value is -2.77. The van der Waals surface area contributed by atoms with Crippen molar-refractivity contribution >= 4 is 17.8 Å². The Morgan fingerprint density at radius 1 is 1.25 bits per heavy atom. The molecule has 0 fully saturated rings. The van der Waals surface area contributed by atoms with Crippen LogP contribution < -0.4 is 10.2 Å². The Bertz CT molecular complexity index is 582. The molecule has 8 nitrogen and oxygen atoms in total. The Kier molecular flexibility index (Phi) is 4.38. The number of nitrogens with zero attached hydrogens (tertiary/aromatic N) is 4. The molecular formula is C12H11N5O3-2. The molecule has 1 aromatic carbocycles. The quantitative estimate of drug-likeness (QED) is 0.525. The van der Waals surface area contributed by atoms with E-state index >= 15 is 0 Å². The van der Waals surface area contributed by atoms with Gasteiger partial charge in [-0.3, -0.25) is 0 Å². The fraction of sp³-hybridized carbons (Fsp3) is 0.250. The normalized spacial score (nSPS) is 13.1. The first kappa shape index (κ1) is 13.7. The number of hydrogen-bond acceptors (Lipinski definition) is 7. The number of tetrazole rings is 1. The molecule has 0 aliphatic carbocycles. The summed E-state index contributed by atoms with van der Waals surface area (Å²) in [4.78, 5) is 14.4. The van der Waals surface area contributed by atoms with Crippen LogP contribution in [0, 0.1) is 0 Å². The minimum atomic E-state index is -1.22. The highest BCUT2D eigenvalue weighted by atomic mass is 16.4. The monoisotopic (exact) mass is 273 g/mol. The van der Waals surface area contributed by atoms with Gasteiger partial charge in [0.15, 0.2) is 0 Å². The molecule has 0 aliphatic rings. The lowest BCUT2D eigenvalue weighted by molar-refractivity contribution is -0.306. The Morgan fingerprint density at radius 2 is 2.00 bits per heavy atom. The number of benzene rings is 1. The molecule has 0 amide bonds. The molecular weight excluding hydrogens is 262 g/mol. The van der Waals surface area contributed by atoms with Crippen molar-refractivity contribution in [3.05, 3.63) is 35.9 Å². The van der Waals surface area contributed by atoms with Crippen molar-refractivity contribution in [2.45, 2.75) is 18.8 Å². The van der Waals surface area contributed by atoms with Crippen molar-refractivity contribution in [3.8, 4) is 0 Å². The molecule has 0 aliphatic heterocycles. The first-order valence-corrected chi connectivity index (χ1v) is 5.88. The van der Waals surface area contributed by atoms with Crippen molar-refractivity contribution in [2.24, 2.45) is 4.99 Å². The second-order valence-corrected chi connectivity index (χ2v) is 4.11. The van der Waals surface area contributed by atoms with Gasteiger partial charge >= 0.3 is 0 Å². The van der Waals surface area contributed by atoms with E-state index in [4.69, 9.17) is 0 Å². The third kappa shape index (κ3) is 3.87.